The number of benzene rings is 4. The topological polar surface area (TPSA) is 37.0 Å². The fourth-order valence-corrected chi connectivity index (χ4v) is 5.03. The van der Waals surface area contributed by atoms with Crippen LogP contribution in [0.15, 0.2) is 66.7 Å². The van der Waals surface area contributed by atoms with Crippen LogP contribution in [0.3, 0.4) is 0 Å². The van der Waals surface area contributed by atoms with Crippen LogP contribution in [0.5, 0.6) is 5.75 Å². The molecule has 0 aromatic heterocycles. The van der Waals surface area contributed by atoms with Gasteiger partial charge in [0.05, 0.1) is 0 Å². The van der Waals surface area contributed by atoms with Crippen LogP contribution in [-0.4, -0.2) is 5.78 Å². The molecule has 0 N–H and O–H groups in total. The molecular weight excluding hydrogens is 404 g/mol. The molecule has 4 aromatic rings. The van der Waals surface area contributed by atoms with Crippen LogP contribution in [0.4, 0.5) is 0 Å². The summed E-state index contributed by atoms with van der Waals surface area (Å²) in [6.07, 6.45) is 0. The second-order valence-electron chi connectivity index (χ2n) is 11.2. The van der Waals surface area contributed by atoms with Crippen molar-refractivity contribution < 1.29 is 9.90 Å². The van der Waals surface area contributed by atoms with Gasteiger partial charge in [0.25, 0.3) is 0 Å². The zero-order valence-electron chi connectivity index (χ0n) is 20.2. The minimum atomic E-state index is -0.303. The van der Waals surface area contributed by atoms with E-state index in [9.17, 15) is 9.90 Å². The molecule has 1 aliphatic rings. The summed E-state index contributed by atoms with van der Waals surface area (Å²) in [5, 5.41) is 15.5. The van der Waals surface area contributed by atoms with Crippen LogP contribution >= 0.6 is 0 Å². The predicted octanol–water partition coefficient (Wildman–Crippen LogP) is 8.46. The molecule has 0 heterocycles. The van der Waals surface area contributed by atoms with Gasteiger partial charge in [-0.25, -0.2) is 0 Å². The quantitative estimate of drug-likeness (QED) is 0.261. The second-order valence-corrected chi connectivity index (χ2v) is 11.2. The van der Waals surface area contributed by atoms with Gasteiger partial charge in [0.15, 0.2) is 11.5 Å². The van der Waals surface area contributed by atoms with Crippen LogP contribution in [0.1, 0.15) is 68.6 Å². The van der Waals surface area contributed by atoms with Crippen molar-refractivity contribution >= 4 is 16.6 Å². The van der Waals surface area contributed by atoms with Gasteiger partial charge in [-0.3, -0.25) is 9.90 Å². The summed E-state index contributed by atoms with van der Waals surface area (Å²) in [5.41, 5.74) is 6.34. The summed E-state index contributed by atoms with van der Waals surface area (Å²) < 4.78 is 0. The zero-order chi connectivity index (χ0) is 23.7. The van der Waals surface area contributed by atoms with Gasteiger partial charge in [0, 0.05) is 27.6 Å². The maximum Gasteiger partial charge on any atom is 0.194 e. The summed E-state index contributed by atoms with van der Waals surface area (Å²) >= 11 is 0. The third kappa shape index (κ3) is 3.28. The fraction of sp³-hybridized carbons (Fsp3) is 0.258. The molecule has 0 unspecified atom stereocenters. The molecule has 0 spiro atoms. The fourth-order valence-electron chi connectivity index (χ4n) is 5.03. The first kappa shape index (κ1) is 21.5. The smallest absolute Gasteiger partial charge is 0.194 e. The van der Waals surface area contributed by atoms with Crippen molar-refractivity contribution in [2.24, 2.45) is 0 Å². The lowest BCUT2D eigenvalue weighted by molar-refractivity contribution is 0.104. The highest BCUT2D eigenvalue weighted by atomic mass is 16.3. The number of hydrogen-bond donors (Lipinski definition) is 0. The van der Waals surface area contributed by atoms with Gasteiger partial charge in [-0.05, 0) is 50.6 Å². The Kier molecular flexibility index (Phi) is 4.59. The SMILES string of the molecule is CC(C)(C)c1cc(-c2ccc3cccc4c3c2C(=O)c2ccccc2-4)cc(C(C)(C)C)c1[O]. The summed E-state index contributed by atoms with van der Waals surface area (Å²) in [6, 6.07) is 22.2. The van der Waals surface area contributed by atoms with E-state index in [1.807, 2.05) is 42.5 Å². The van der Waals surface area contributed by atoms with E-state index in [1.165, 1.54) is 0 Å². The van der Waals surface area contributed by atoms with Crippen molar-refractivity contribution in [3.05, 3.63) is 89.0 Å². The van der Waals surface area contributed by atoms with Gasteiger partial charge in [0.1, 0.15) is 0 Å². The van der Waals surface area contributed by atoms with E-state index in [-0.39, 0.29) is 22.4 Å². The van der Waals surface area contributed by atoms with E-state index in [4.69, 9.17) is 0 Å². The van der Waals surface area contributed by atoms with Gasteiger partial charge in [-0.1, -0.05) is 96.1 Å². The molecule has 0 saturated heterocycles. The van der Waals surface area contributed by atoms with E-state index in [0.29, 0.717) is 0 Å². The van der Waals surface area contributed by atoms with Crippen molar-refractivity contribution in [1.29, 1.82) is 0 Å². The first-order valence-electron chi connectivity index (χ1n) is 11.5. The molecule has 0 atom stereocenters. The highest BCUT2D eigenvalue weighted by Gasteiger charge is 2.31. The summed E-state index contributed by atoms with van der Waals surface area (Å²) in [7, 11) is 0. The molecule has 2 heteroatoms. The Bertz CT molecular complexity index is 1410. The number of rotatable bonds is 1. The number of hydrogen-bond acceptors (Lipinski definition) is 1. The minimum absolute atomic E-state index is 0.0470. The van der Waals surface area contributed by atoms with Crippen LogP contribution in [0, 0.1) is 0 Å². The number of ketones is 1. The Labute approximate surface area is 195 Å². The monoisotopic (exact) mass is 433 g/mol. The lowest BCUT2D eigenvalue weighted by Crippen LogP contribution is -2.17. The van der Waals surface area contributed by atoms with Crippen molar-refractivity contribution in [2.75, 3.05) is 0 Å². The molecule has 33 heavy (non-hydrogen) atoms. The van der Waals surface area contributed by atoms with Crippen LogP contribution in [0.2, 0.25) is 0 Å². The standard InChI is InChI=1S/C31H29O2/c1-30(2,3)24-16-19(17-25(29(24)33)31(4,5)6)20-15-14-18-10-9-13-22-21-11-7-8-12-23(21)28(32)27(20)26(18)22/h7-17H,1-6H3. The average Bonchev–Trinajstić information content (AvgIpc) is 2.75. The molecule has 2 nitrogen and oxygen atoms in total. The van der Waals surface area contributed by atoms with Crippen LogP contribution < -0.4 is 0 Å². The Hall–Kier alpha value is -3.39. The number of fused-ring (bicyclic) bond motifs is 2. The Balaban J connectivity index is 1.90. The maximum atomic E-state index is 13.9. The van der Waals surface area contributed by atoms with Gasteiger partial charge >= 0.3 is 0 Å². The average molecular weight is 434 g/mol. The van der Waals surface area contributed by atoms with Crippen molar-refractivity contribution in [3.8, 4) is 28.0 Å². The molecule has 0 saturated carbocycles. The van der Waals surface area contributed by atoms with E-state index >= 15 is 0 Å². The third-order valence-electron chi connectivity index (χ3n) is 6.75. The Morgan fingerprint density at radius 1 is 0.606 bits per heavy atom. The van der Waals surface area contributed by atoms with Crippen molar-refractivity contribution in [3.63, 3.8) is 0 Å². The highest BCUT2D eigenvalue weighted by molar-refractivity contribution is 6.28. The lowest BCUT2D eigenvalue weighted by Gasteiger charge is -2.28. The molecule has 0 bridgehead atoms. The molecule has 1 radical (unpaired) electrons. The van der Waals surface area contributed by atoms with Gasteiger partial charge in [-0.2, -0.15) is 0 Å². The molecule has 0 fully saturated rings. The lowest BCUT2D eigenvalue weighted by atomic mass is 9.75. The molecule has 0 aliphatic heterocycles. The largest absolute Gasteiger partial charge is 0.289 e. The minimum Gasteiger partial charge on any atom is -0.289 e. The third-order valence-corrected chi connectivity index (χ3v) is 6.75. The summed E-state index contributed by atoms with van der Waals surface area (Å²) in [5.74, 6) is 0.149. The summed E-state index contributed by atoms with van der Waals surface area (Å²) in [4.78, 5) is 13.9. The zero-order valence-corrected chi connectivity index (χ0v) is 20.2. The van der Waals surface area contributed by atoms with Crippen LogP contribution in [-0.2, 0) is 15.9 Å². The molecule has 4 aromatic carbocycles. The van der Waals surface area contributed by atoms with Crippen LogP contribution in [0.25, 0.3) is 33.0 Å². The molecule has 1 aliphatic carbocycles. The predicted molar refractivity (Wildman–Crippen MR) is 136 cm³/mol. The van der Waals surface area contributed by atoms with E-state index < -0.39 is 0 Å². The first-order valence-corrected chi connectivity index (χ1v) is 11.5. The van der Waals surface area contributed by atoms with Crippen molar-refractivity contribution in [2.45, 2.75) is 52.4 Å². The molecular formula is C31H29O2. The normalized spacial score (nSPS) is 13.3. The van der Waals surface area contributed by atoms with Gasteiger partial charge in [-0.15, -0.1) is 0 Å². The number of carbonyl (C=O) groups excluding carboxylic acids is 1. The van der Waals surface area contributed by atoms with Gasteiger partial charge in [0.2, 0.25) is 0 Å². The molecule has 165 valence electrons. The molecule has 0 amide bonds. The first-order chi connectivity index (χ1) is 15.5. The Morgan fingerprint density at radius 3 is 1.79 bits per heavy atom. The van der Waals surface area contributed by atoms with E-state index in [2.05, 4.69) is 65.8 Å². The highest BCUT2D eigenvalue weighted by Crippen LogP contribution is 2.46. The molecule has 5 rings (SSSR count). The van der Waals surface area contributed by atoms with Crippen molar-refractivity contribution in [1.82, 2.24) is 0 Å². The van der Waals surface area contributed by atoms with E-state index in [0.717, 1.165) is 55.3 Å². The van der Waals surface area contributed by atoms with E-state index in [1.54, 1.807) is 0 Å². The number of carbonyl (C=O) groups is 1. The second kappa shape index (κ2) is 7.05. The van der Waals surface area contributed by atoms with Gasteiger partial charge < -0.3 is 0 Å². The summed E-state index contributed by atoms with van der Waals surface area (Å²) in [6.45, 7) is 12.4. The maximum absolute atomic E-state index is 13.9. The Morgan fingerprint density at radius 2 is 1.18 bits per heavy atom.